The van der Waals surface area contributed by atoms with Crippen LogP contribution in [0.15, 0.2) is 18.2 Å². The van der Waals surface area contributed by atoms with E-state index in [1.54, 1.807) is 6.92 Å². The summed E-state index contributed by atoms with van der Waals surface area (Å²) in [5, 5.41) is 8.55. The number of hydrogen-bond donors (Lipinski definition) is 1. The number of rotatable bonds is 6. The van der Waals surface area contributed by atoms with Gasteiger partial charge in [-0.1, -0.05) is 13.0 Å². The first kappa shape index (κ1) is 14.3. The van der Waals surface area contributed by atoms with Crippen molar-refractivity contribution >= 4 is 5.97 Å². The first-order valence-corrected chi connectivity index (χ1v) is 5.36. The molecule has 100 valence electrons. The molecule has 0 heterocycles. The predicted octanol–water partition coefficient (Wildman–Crippen LogP) is 3.40. The molecule has 0 radical (unpaired) electrons. The van der Waals surface area contributed by atoms with Crippen LogP contribution in [0.4, 0.5) is 13.2 Å². The molecule has 0 aliphatic heterocycles. The van der Waals surface area contributed by atoms with E-state index in [0.717, 1.165) is 6.07 Å². The molecule has 0 aliphatic carbocycles. The fourth-order valence-corrected chi connectivity index (χ4v) is 1.68. The van der Waals surface area contributed by atoms with Gasteiger partial charge in [-0.05, 0) is 24.5 Å². The number of ether oxygens (including phenoxy) is 1. The Morgan fingerprint density at radius 1 is 1.44 bits per heavy atom. The molecule has 0 fully saturated rings. The minimum Gasteiger partial charge on any atom is -0.481 e. The van der Waals surface area contributed by atoms with E-state index in [1.165, 1.54) is 12.1 Å². The second-order valence-electron chi connectivity index (χ2n) is 3.86. The highest BCUT2D eigenvalue weighted by molar-refractivity contribution is 5.66. The molecule has 1 N–H and O–H groups in total. The third-order valence-corrected chi connectivity index (χ3v) is 2.51. The van der Waals surface area contributed by atoms with Crippen molar-refractivity contribution in [3.8, 4) is 5.75 Å². The Balaban J connectivity index is 2.93. The zero-order valence-electron chi connectivity index (χ0n) is 9.70. The van der Waals surface area contributed by atoms with E-state index < -0.39 is 24.3 Å². The SMILES string of the molecule is CC(CCC(=O)O)c1c(F)cccc1OC(F)F. The van der Waals surface area contributed by atoms with Crippen LogP contribution in [0.25, 0.3) is 0 Å². The van der Waals surface area contributed by atoms with Crippen molar-refractivity contribution in [2.24, 2.45) is 0 Å². The lowest BCUT2D eigenvalue weighted by Crippen LogP contribution is -2.09. The van der Waals surface area contributed by atoms with Crippen LogP contribution in [-0.4, -0.2) is 17.7 Å². The second kappa shape index (κ2) is 6.28. The van der Waals surface area contributed by atoms with Crippen molar-refractivity contribution in [1.29, 1.82) is 0 Å². The van der Waals surface area contributed by atoms with Crippen molar-refractivity contribution in [1.82, 2.24) is 0 Å². The molecule has 0 saturated heterocycles. The lowest BCUT2D eigenvalue weighted by Gasteiger charge is -2.16. The Morgan fingerprint density at radius 3 is 2.67 bits per heavy atom. The van der Waals surface area contributed by atoms with Crippen LogP contribution in [0.5, 0.6) is 5.75 Å². The number of carboxylic acids is 1. The molecule has 0 aliphatic rings. The van der Waals surface area contributed by atoms with Crippen LogP contribution in [0.2, 0.25) is 0 Å². The van der Waals surface area contributed by atoms with Crippen LogP contribution in [-0.2, 0) is 4.79 Å². The normalized spacial score (nSPS) is 12.5. The molecule has 6 heteroatoms. The molecule has 0 spiro atoms. The van der Waals surface area contributed by atoms with Gasteiger partial charge >= 0.3 is 12.6 Å². The van der Waals surface area contributed by atoms with Gasteiger partial charge in [-0.2, -0.15) is 8.78 Å². The fourth-order valence-electron chi connectivity index (χ4n) is 1.68. The Hall–Kier alpha value is -1.72. The smallest absolute Gasteiger partial charge is 0.387 e. The summed E-state index contributed by atoms with van der Waals surface area (Å²) in [7, 11) is 0. The van der Waals surface area contributed by atoms with E-state index in [9.17, 15) is 18.0 Å². The molecule has 1 unspecified atom stereocenters. The topological polar surface area (TPSA) is 46.5 Å². The van der Waals surface area contributed by atoms with Crippen molar-refractivity contribution in [2.75, 3.05) is 0 Å². The van der Waals surface area contributed by atoms with Gasteiger partial charge in [0.05, 0.1) is 0 Å². The van der Waals surface area contributed by atoms with Crippen molar-refractivity contribution in [3.63, 3.8) is 0 Å². The minimum absolute atomic E-state index is 0.0148. The summed E-state index contributed by atoms with van der Waals surface area (Å²) >= 11 is 0. The van der Waals surface area contributed by atoms with Gasteiger partial charge in [0.25, 0.3) is 0 Å². The van der Waals surface area contributed by atoms with Gasteiger partial charge in [0.15, 0.2) is 0 Å². The Kier molecular flexibility index (Phi) is 5.00. The number of benzene rings is 1. The summed E-state index contributed by atoms with van der Waals surface area (Å²) in [5.74, 6) is -2.46. The van der Waals surface area contributed by atoms with Crippen LogP contribution >= 0.6 is 0 Å². The van der Waals surface area contributed by atoms with E-state index in [4.69, 9.17) is 5.11 Å². The van der Waals surface area contributed by atoms with Crippen molar-refractivity contribution in [2.45, 2.75) is 32.3 Å². The van der Waals surface area contributed by atoms with Gasteiger partial charge in [0.1, 0.15) is 11.6 Å². The minimum atomic E-state index is -3.04. The summed E-state index contributed by atoms with van der Waals surface area (Å²) in [4.78, 5) is 10.4. The van der Waals surface area contributed by atoms with Gasteiger partial charge in [-0.25, -0.2) is 4.39 Å². The molecule has 0 bridgehead atoms. The quantitative estimate of drug-likeness (QED) is 0.854. The maximum atomic E-state index is 13.6. The average Bonchev–Trinajstić information content (AvgIpc) is 2.25. The summed E-state index contributed by atoms with van der Waals surface area (Å²) in [6.07, 6.45) is -0.0144. The molecule has 18 heavy (non-hydrogen) atoms. The number of hydrogen-bond acceptors (Lipinski definition) is 2. The Labute approximate surface area is 102 Å². The van der Waals surface area contributed by atoms with E-state index in [2.05, 4.69) is 4.74 Å². The fraction of sp³-hybridized carbons (Fsp3) is 0.417. The Morgan fingerprint density at radius 2 is 2.11 bits per heavy atom. The molecule has 0 saturated carbocycles. The van der Waals surface area contributed by atoms with E-state index in [0.29, 0.717) is 0 Å². The van der Waals surface area contributed by atoms with E-state index in [1.807, 2.05) is 0 Å². The summed E-state index contributed by atoms with van der Waals surface area (Å²) < 4.78 is 42.2. The number of carbonyl (C=O) groups is 1. The molecular weight excluding hydrogens is 249 g/mol. The van der Waals surface area contributed by atoms with Gasteiger partial charge in [0, 0.05) is 12.0 Å². The third kappa shape index (κ3) is 3.94. The molecule has 3 nitrogen and oxygen atoms in total. The molecule has 0 aromatic heterocycles. The van der Waals surface area contributed by atoms with Crippen LogP contribution in [0.1, 0.15) is 31.2 Å². The lowest BCUT2D eigenvalue weighted by molar-refractivity contribution is -0.137. The largest absolute Gasteiger partial charge is 0.481 e. The van der Waals surface area contributed by atoms with Crippen molar-refractivity contribution in [3.05, 3.63) is 29.6 Å². The highest BCUT2D eigenvalue weighted by Crippen LogP contribution is 2.32. The zero-order valence-corrected chi connectivity index (χ0v) is 9.70. The lowest BCUT2D eigenvalue weighted by atomic mass is 9.95. The number of carboxylic acid groups (broad SMARTS) is 1. The van der Waals surface area contributed by atoms with E-state index >= 15 is 0 Å². The number of alkyl halides is 2. The monoisotopic (exact) mass is 262 g/mol. The van der Waals surface area contributed by atoms with Crippen molar-refractivity contribution < 1.29 is 27.8 Å². The second-order valence-corrected chi connectivity index (χ2v) is 3.86. The zero-order chi connectivity index (χ0) is 13.7. The summed E-state index contributed by atoms with van der Waals surface area (Å²) in [6.45, 7) is -1.48. The highest BCUT2D eigenvalue weighted by atomic mass is 19.3. The van der Waals surface area contributed by atoms with Gasteiger partial charge < -0.3 is 9.84 Å². The first-order valence-electron chi connectivity index (χ1n) is 5.36. The summed E-state index contributed by atoms with van der Waals surface area (Å²) in [6, 6.07) is 3.63. The third-order valence-electron chi connectivity index (χ3n) is 2.51. The Bertz CT molecular complexity index is 421. The molecule has 1 atom stereocenters. The van der Waals surface area contributed by atoms with Gasteiger partial charge in [0.2, 0.25) is 0 Å². The van der Waals surface area contributed by atoms with Crippen LogP contribution < -0.4 is 4.74 Å². The molecular formula is C12H13F3O3. The number of aliphatic carboxylic acids is 1. The maximum absolute atomic E-state index is 13.6. The molecule has 1 rings (SSSR count). The van der Waals surface area contributed by atoms with Crippen LogP contribution in [0, 0.1) is 5.82 Å². The molecule has 0 amide bonds. The maximum Gasteiger partial charge on any atom is 0.387 e. The predicted molar refractivity (Wildman–Crippen MR) is 58.3 cm³/mol. The highest BCUT2D eigenvalue weighted by Gasteiger charge is 2.19. The van der Waals surface area contributed by atoms with Gasteiger partial charge in [-0.15, -0.1) is 0 Å². The average molecular weight is 262 g/mol. The molecule has 1 aromatic carbocycles. The number of halogens is 3. The molecule has 1 aromatic rings. The van der Waals surface area contributed by atoms with Crippen LogP contribution in [0.3, 0.4) is 0 Å². The summed E-state index contributed by atoms with van der Waals surface area (Å²) in [5.41, 5.74) is -0.0148. The van der Waals surface area contributed by atoms with Gasteiger partial charge in [-0.3, -0.25) is 4.79 Å². The van der Waals surface area contributed by atoms with E-state index in [-0.39, 0.29) is 24.2 Å². The first-order chi connectivity index (χ1) is 8.41. The standard InChI is InChI=1S/C12H13F3O3/c1-7(5-6-10(16)17)11-8(13)3-2-4-9(11)18-12(14)15/h2-4,7,12H,5-6H2,1H3,(H,16,17).